The minimum Gasteiger partial charge on any atom is -0.353 e. The molecule has 2 aliphatic rings. The third kappa shape index (κ3) is 2.87. The summed E-state index contributed by atoms with van der Waals surface area (Å²) in [5, 5.41) is 3.27. The second kappa shape index (κ2) is 5.20. The fourth-order valence-corrected chi connectivity index (χ4v) is 3.48. The lowest BCUT2D eigenvalue weighted by atomic mass is 9.66. The predicted molar refractivity (Wildman–Crippen MR) is 74.1 cm³/mol. The standard InChI is InChI=1S/C15H28N2O/c1-14(2)7-4-3-6-12(14)17-13(18)10-15(11-16)8-5-9-15/h12H,3-11,16H2,1-2H3,(H,17,18). The van der Waals surface area contributed by atoms with Crippen LogP contribution in [0.4, 0.5) is 0 Å². The van der Waals surface area contributed by atoms with E-state index in [1.54, 1.807) is 0 Å². The van der Waals surface area contributed by atoms with Crippen molar-refractivity contribution < 1.29 is 4.79 Å². The monoisotopic (exact) mass is 252 g/mol. The molecule has 18 heavy (non-hydrogen) atoms. The SMILES string of the molecule is CC1(C)CCCCC1NC(=O)CC1(CN)CCC1. The Hall–Kier alpha value is -0.570. The zero-order valence-electron chi connectivity index (χ0n) is 11.9. The molecule has 1 amide bonds. The molecule has 0 aromatic rings. The summed E-state index contributed by atoms with van der Waals surface area (Å²) in [7, 11) is 0. The fraction of sp³-hybridized carbons (Fsp3) is 0.933. The first kappa shape index (κ1) is 13.9. The highest BCUT2D eigenvalue weighted by Gasteiger charge is 2.39. The second-order valence-corrected chi connectivity index (χ2v) is 7.09. The maximum atomic E-state index is 12.2. The molecule has 1 atom stereocenters. The van der Waals surface area contributed by atoms with Crippen LogP contribution in [0.25, 0.3) is 0 Å². The van der Waals surface area contributed by atoms with Gasteiger partial charge in [0, 0.05) is 12.5 Å². The van der Waals surface area contributed by atoms with Crippen molar-refractivity contribution in [1.29, 1.82) is 0 Å². The topological polar surface area (TPSA) is 55.1 Å². The van der Waals surface area contributed by atoms with Crippen LogP contribution >= 0.6 is 0 Å². The van der Waals surface area contributed by atoms with Gasteiger partial charge in [0.05, 0.1) is 0 Å². The Morgan fingerprint density at radius 2 is 1.94 bits per heavy atom. The van der Waals surface area contributed by atoms with Gasteiger partial charge in [-0.1, -0.05) is 33.1 Å². The van der Waals surface area contributed by atoms with Crippen molar-refractivity contribution in [3.8, 4) is 0 Å². The molecule has 3 N–H and O–H groups in total. The molecular weight excluding hydrogens is 224 g/mol. The summed E-state index contributed by atoms with van der Waals surface area (Å²) in [6, 6.07) is 0.355. The summed E-state index contributed by atoms with van der Waals surface area (Å²) in [6.07, 6.45) is 9.03. The maximum Gasteiger partial charge on any atom is 0.220 e. The number of hydrogen-bond acceptors (Lipinski definition) is 2. The number of amides is 1. The van der Waals surface area contributed by atoms with Crippen LogP contribution in [-0.2, 0) is 4.79 Å². The molecule has 0 saturated heterocycles. The van der Waals surface area contributed by atoms with E-state index in [1.807, 2.05) is 0 Å². The first-order chi connectivity index (χ1) is 8.47. The number of nitrogens with two attached hydrogens (primary N) is 1. The first-order valence-corrected chi connectivity index (χ1v) is 7.47. The van der Waals surface area contributed by atoms with Crippen LogP contribution in [0, 0.1) is 10.8 Å². The van der Waals surface area contributed by atoms with Gasteiger partial charge in [0.25, 0.3) is 0 Å². The zero-order valence-corrected chi connectivity index (χ0v) is 11.9. The van der Waals surface area contributed by atoms with Crippen molar-refractivity contribution in [3.63, 3.8) is 0 Å². The average Bonchev–Trinajstić information content (AvgIpc) is 2.26. The van der Waals surface area contributed by atoms with Crippen LogP contribution in [0.15, 0.2) is 0 Å². The van der Waals surface area contributed by atoms with E-state index in [1.165, 1.54) is 25.7 Å². The van der Waals surface area contributed by atoms with Gasteiger partial charge >= 0.3 is 0 Å². The van der Waals surface area contributed by atoms with Crippen molar-refractivity contribution in [1.82, 2.24) is 5.32 Å². The summed E-state index contributed by atoms with van der Waals surface area (Å²) < 4.78 is 0. The highest BCUT2D eigenvalue weighted by atomic mass is 16.1. The zero-order chi connectivity index (χ0) is 13.2. The Labute approximate surface area is 111 Å². The molecule has 2 saturated carbocycles. The number of nitrogens with one attached hydrogen (secondary N) is 1. The van der Waals surface area contributed by atoms with E-state index in [-0.39, 0.29) is 16.7 Å². The van der Waals surface area contributed by atoms with Crippen molar-refractivity contribution in [3.05, 3.63) is 0 Å². The second-order valence-electron chi connectivity index (χ2n) is 7.09. The van der Waals surface area contributed by atoms with Crippen molar-refractivity contribution in [2.75, 3.05) is 6.54 Å². The molecule has 0 heterocycles. The van der Waals surface area contributed by atoms with Crippen LogP contribution in [0.5, 0.6) is 0 Å². The van der Waals surface area contributed by atoms with Gasteiger partial charge in [0.2, 0.25) is 5.91 Å². The predicted octanol–water partition coefficient (Wildman–Crippen LogP) is 2.59. The molecule has 104 valence electrons. The molecule has 0 radical (unpaired) electrons. The molecule has 0 aromatic carbocycles. The van der Waals surface area contributed by atoms with Gasteiger partial charge in [-0.15, -0.1) is 0 Å². The Balaban J connectivity index is 1.86. The van der Waals surface area contributed by atoms with E-state index in [0.29, 0.717) is 19.0 Å². The van der Waals surface area contributed by atoms with Crippen LogP contribution < -0.4 is 11.1 Å². The van der Waals surface area contributed by atoms with E-state index >= 15 is 0 Å². The summed E-state index contributed by atoms with van der Waals surface area (Å²) in [6.45, 7) is 5.22. The summed E-state index contributed by atoms with van der Waals surface area (Å²) >= 11 is 0. The van der Waals surface area contributed by atoms with E-state index in [4.69, 9.17) is 5.73 Å². The smallest absolute Gasteiger partial charge is 0.220 e. The van der Waals surface area contributed by atoms with Crippen molar-refractivity contribution >= 4 is 5.91 Å². The van der Waals surface area contributed by atoms with Crippen LogP contribution in [-0.4, -0.2) is 18.5 Å². The number of carbonyl (C=O) groups excluding carboxylic acids is 1. The molecule has 2 rings (SSSR count). The molecule has 0 aliphatic heterocycles. The lowest BCUT2D eigenvalue weighted by Crippen LogP contribution is -2.49. The third-order valence-corrected chi connectivity index (χ3v) is 5.23. The highest BCUT2D eigenvalue weighted by Crippen LogP contribution is 2.43. The van der Waals surface area contributed by atoms with Gasteiger partial charge in [-0.05, 0) is 43.1 Å². The minimum atomic E-state index is 0.128. The number of carbonyl (C=O) groups is 1. The largest absolute Gasteiger partial charge is 0.353 e. The van der Waals surface area contributed by atoms with Gasteiger partial charge in [-0.2, -0.15) is 0 Å². The number of rotatable bonds is 4. The number of hydrogen-bond donors (Lipinski definition) is 2. The van der Waals surface area contributed by atoms with Gasteiger partial charge in [-0.3, -0.25) is 4.79 Å². The quantitative estimate of drug-likeness (QED) is 0.808. The Morgan fingerprint density at radius 1 is 1.22 bits per heavy atom. The summed E-state index contributed by atoms with van der Waals surface area (Å²) in [5.74, 6) is 0.222. The van der Waals surface area contributed by atoms with Crippen molar-refractivity contribution in [2.24, 2.45) is 16.6 Å². The lowest BCUT2D eigenvalue weighted by molar-refractivity contribution is -0.126. The minimum absolute atomic E-state index is 0.128. The molecule has 2 aliphatic carbocycles. The Bertz CT molecular complexity index is 302. The highest BCUT2D eigenvalue weighted by molar-refractivity contribution is 5.77. The molecule has 3 nitrogen and oxygen atoms in total. The molecule has 0 spiro atoms. The Morgan fingerprint density at radius 3 is 2.44 bits per heavy atom. The molecule has 2 fully saturated rings. The van der Waals surface area contributed by atoms with E-state index in [0.717, 1.165) is 19.3 Å². The molecule has 1 unspecified atom stereocenters. The van der Waals surface area contributed by atoms with Gasteiger partial charge in [0.15, 0.2) is 0 Å². The lowest BCUT2D eigenvalue weighted by Gasteiger charge is -2.42. The average molecular weight is 252 g/mol. The first-order valence-electron chi connectivity index (χ1n) is 7.47. The summed E-state index contributed by atoms with van der Waals surface area (Å²) in [4.78, 5) is 12.2. The van der Waals surface area contributed by atoms with Crippen LogP contribution in [0.3, 0.4) is 0 Å². The van der Waals surface area contributed by atoms with Gasteiger partial charge < -0.3 is 11.1 Å². The normalized spacial score (nSPS) is 29.4. The molecular formula is C15H28N2O. The third-order valence-electron chi connectivity index (χ3n) is 5.23. The molecule has 0 bridgehead atoms. The molecule has 0 aromatic heterocycles. The van der Waals surface area contributed by atoms with E-state index in [2.05, 4.69) is 19.2 Å². The maximum absolute atomic E-state index is 12.2. The van der Waals surface area contributed by atoms with Crippen LogP contribution in [0.1, 0.15) is 65.2 Å². The summed E-state index contributed by atoms with van der Waals surface area (Å²) in [5.41, 5.74) is 6.20. The van der Waals surface area contributed by atoms with E-state index < -0.39 is 0 Å². The molecule has 3 heteroatoms. The van der Waals surface area contributed by atoms with Gasteiger partial charge in [0.1, 0.15) is 0 Å². The van der Waals surface area contributed by atoms with Crippen LogP contribution in [0.2, 0.25) is 0 Å². The van der Waals surface area contributed by atoms with Crippen molar-refractivity contribution in [2.45, 2.75) is 71.3 Å². The Kier molecular flexibility index (Phi) is 4.00. The van der Waals surface area contributed by atoms with E-state index in [9.17, 15) is 4.79 Å². The fourth-order valence-electron chi connectivity index (χ4n) is 3.48. The van der Waals surface area contributed by atoms with Gasteiger partial charge in [-0.25, -0.2) is 0 Å².